The van der Waals surface area contributed by atoms with Gasteiger partial charge in [-0.15, -0.1) is 0 Å². The van der Waals surface area contributed by atoms with Gasteiger partial charge in [0.2, 0.25) is 17.4 Å². The Kier molecular flexibility index (Phi) is 10.6. The standard InChI is InChI=1S/C33H39BN4O11/c1-5-19-20-9-18(40)7-8-24(20)36-29-21(19)11-38-26(29)10-23-22(30(38)43)12-47-31(44)33(23,6-2)49-32(45)48-13-25(17(3)4)35-27(41)14-46-15-28(42)37-34-16-39/h7-10,17,25,34,39-40H,5-6,11-16H2,1-4H3,(H,35,41)(H,37,42). The number of carbonyl (C=O) groups is 4. The Morgan fingerprint density at radius 3 is 2.57 bits per heavy atom. The maximum Gasteiger partial charge on any atom is 0.509 e. The minimum absolute atomic E-state index is 0.0637. The number of amides is 2. The number of rotatable bonds is 13. The van der Waals surface area contributed by atoms with Crippen LogP contribution in [0, 0.1) is 5.92 Å². The third-order valence-corrected chi connectivity index (χ3v) is 8.80. The molecular weight excluding hydrogens is 639 g/mol. The van der Waals surface area contributed by atoms with Crippen molar-refractivity contribution in [1.82, 2.24) is 20.1 Å². The number of fused-ring (bicyclic) bond motifs is 5. The lowest BCUT2D eigenvalue weighted by Crippen LogP contribution is -2.48. The van der Waals surface area contributed by atoms with E-state index in [0.717, 1.165) is 16.5 Å². The van der Waals surface area contributed by atoms with Gasteiger partial charge in [-0.05, 0) is 48.6 Å². The molecule has 2 atom stereocenters. The summed E-state index contributed by atoms with van der Waals surface area (Å²) in [5.41, 5.74) is 1.39. The number of aliphatic hydroxyl groups excluding tert-OH is 1. The first-order chi connectivity index (χ1) is 23.4. The molecule has 2 aliphatic heterocycles. The average Bonchev–Trinajstić information content (AvgIpc) is 3.44. The zero-order chi connectivity index (χ0) is 35.5. The number of aliphatic hydroxyl groups is 1. The van der Waals surface area contributed by atoms with Crippen molar-refractivity contribution >= 4 is 42.3 Å². The van der Waals surface area contributed by atoms with Crippen LogP contribution in [0.4, 0.5) is 4.79 Å². The molecule has 16 heteroatoms. The number of aryl methyl sites for hydroxylation is 1. The smallest absolute Gasteiger partial charge is 0.508 e. The summed E-state index contributed by atoms with van der Waals surface area (Å²) in [6, 6.07) is 5.88. The first-order valence-electron chi connectivity index (χ1n) is 16.1. The van der Waals surface area contributed by atoms with Crippen LogP contribution in [-0.4, -0.2) is 83.5 Å². The molecule has 3 aromatic rings. The lowest BCUT2D eigenvalue weighted by atomic mass is 9.85. The van der Waals surface area contributed by atoms with Crippen molar-refractivity contribution in [2.75, 3.05) is 26.3 Å². The van der Waals surface area contributed by atoms with Crippen LogP contribution in [-0.2, 0) is 58.5 Å². The molecule has 0 saturated heterocycles. The molecule has 5 rings (SSSR count). The number of aromatic nitrogens is 2. The number of phenols is 1. The van der Waals surface area contributed by atoms with E-state index < -0.39 is 47.7 Å². The van der Waals surface area contributed by atoms with E-state index in [1.807, 2.05) is 6.92 Å². The van der Waals surface area contributed by atoms with Gasteiger partial charge in [0.05, 0.1) is 35.1 Å². The highest BCUT2D eigenvalue weighted by atomic mass is 16.7. The van der Waals surface area contributed by atoms with Crippen molar-refractivity contribution in [1.29, 1.82) is 0 Å². The number of benzene rings is 1. The van der Waals surface area contributed by atoms with Crippen LogP contribution in [0.25, 0.3) is 22.3 Å². The van der Waals surface area contributed by atoms with E-state index in [1.54, 1.807) is 49.6 Å². The Balaban J connectivity index is 1.36. The number of carbonyl (C=O) groups excluding carboxylic acids is 4. The van der Waals surface area contributed by atoms with Crippen molar-refractivity contribution in [2.45, 2.75) is 65.3 Å². The van der Waals surface area contributed by atoms with Gasteiger partial charge in [-0.2, -0.15) is 0 Å². The molecule has 2 aromatic heterocycles. The SMILES string of the molecule is CCc1c2c(nc3ccc(O)cc13)-c1cc3c(c(=O)n1C2)COC(=O)C3(CC)OC(=O)OCC(NC(=O)COCC(=O)NBCO)C(C)C. The zero-order valence-corrected chi connectivity index (χ0v) is 27.8. The highest BCUT2D eigenvalue weighted by Gasteiger charge is 2.51. The van der Waals surface area contributed by atoms with Gasteiger partial charge in [-0.25, -0.2) is 14.6 Å². The summed E-state index contributed by atoms with van der Waals surface area (Å²) in [7, 11) is 0.0637. The fraction of sp³-hybridized carbons (Fsp3) is 0.455. The normalized spacial score (nSPS) is 16.7. The fourth-order valence-corrected chi connectivity index (χ4v) is 6.17. The van der Waals surface area contributed by atoms with Gasteiger partial charge in [0.15, 0.2) is 0 Å². The third kappa shape index (κ3) is 6.96. The molecule has 260 valence electrons. The summed E-state index contributed by atoms with van der Waals surface area (Å²) >= 11 is 0. The number of nitrogens with zero attached hydrogens (tertiary/aromatic N) is 2. The molecule has 0 aliphatic carbocycles. The van der Waals surface area contributed by atoms with E-state index in [-0.39, 0.29) is 69.5 Å². The van der Waals surface area contributed by atoms with Crippen LogP contribution in [0.15, 0.2) is 29.1 Å². The van der Waals surface area contributed by atoms with Crippen LogP contribution >= 0.6 is 0 Å². The second-order valence-electron chi connectivity index (χ2n) is 12.2. The maximum absolute atomic E-state index is 13.9. The van der Waals surface area contributed by atoms with Crippen LogP contribution < -0.4 is 16.1 Å². The second kappa shape index (κ2) is 14.7. The van der Waals surface area contributed by atoms with Crippen LogP contribution in [0.2, 0.25) is 0 Å². The highest BCUT2D eigenvalue weighted by molar-refractivity contribution is 6.36. The van der Waals surface area contributed by atoms with Crippen molar-refractivity contribution in [3.8, 4) is 17.1 Å². The molecule has 2 aliphatic rings. The quantitative estimate of drug-likeness (QED) is 0.116. The molecular formula is C33H39BN4O11. The van der Waals surface area contributed by atoms with E-state index >= 15 is 0 Å². The summed E-state index contributed by atoms with van der Waals surface area (Å²) in [5, 5.41) is 24.8. The highest BCUT2D eigenvalue weighted by Crippen LogP contribution is 2.42. The monoisotopic (exact) mass is 678 g/mol. The van der Waals surface area contributed by atoms with Crippen LogP contribution in [0.5, 0.6) is 5.75 Å². The van der Waals surface area contributed by atoms with Gasteiger partial charge < -0.3 is 44.3 Å². The minimum atomic E-state index is -1.99. The molecule has 2 amide bonds. The predicted molar refractivity (Wildman–Crippen MR) is 176 cm³/mol. The van der Waals surface area contributed by atoms with E-state index in [9.17, 15) is 29.1 Å². The molecule has 15 nitrogen and oxygen atoms in total. The number of ether oxygens (including phenoxy) is 4. The lowest BCUT2D eigenvalue weighted by Gasteiger charge is -2.35. The molecule has 49 heavy (non-hydrogen) atoms. The molecule has 0 saturated carbocycles. The second-order valence-corrected chi connectivity index (χ2v) is 12.2. The number of nitrogens with one attached hydrogen (secondary N) is 2. The Hall–Kier alpha value is -4.96. The van der Waals surface area contributed by atoms with Crippen molar-refractivity contribution in [2.24, 2.45) is 5.92 Å². The van der Waals surface area contributed by atoms with E-state index in [2.05, 4.69) is 10.5 Å². The number of phenolic OH excluding ortho intramolecular Hbond substituents is 1. The molecule has 4 heterocycles. The average molecular weight is 679 g/mol. The third-order valence-electron chi connectivity index (χ3n) is 8.80. The summed E-state index contributed by atoms with van der Waals surface area (Å²) in [6.45, 7) is 5.77. The lowest BCUT2D eigenvalue weighted by molar-refractivity contribution is -0.175. The van der Waals surface area contributed by atoms with Crippen LogP contribution in [0.1, 0.15) is 56.4 Å². The first kappa shape index (κ1) is 35.4. The van der Waals surface area contributed by atoms with Gasteiger partial charge in [-0.3, -0.25) is 14.4 Å². The van der Waals surface area contributed by atoms with Crippen LogP contribution in [0.3, 0.4) is 0 Å². The minimum Gasteiger partial charge on any atom is -0.508 e. The maximum atomic E-state index is 13.9. The number of hydrogen-bond acceptors (Lipinski definition) is 12. The molecule has 0 radical (unpaired) electrons. The molecule has 4 N–H and O–H groups in total. The van der Waals surface area contributed by atoms with E-state index in [0.29, 0.717) is 23.3 Å². The Morgan fingerprint density at radius 2 is 1.88 bits per heavy atom. The molecule has 0 bridgehead atoms. The topological polar surface area (TPSA) is 205 Å². The number of hydrogen-bond donors (Lipinski definition) is 4. The number of cyclic esters (lactones) is 1. The number of esters is 1. The van der Waals surface area contributed by atoms with E-state index in [4.69, 9.17) is 29.0 Å². The summed E-state index contributed by atoms with van der Waals surface area (Å²) < 4.78 is 23.2. The summed E-state index contributed by atoms with van der Waals surface area (Å²) in [4.78, 5) is 69.4. The Labute approximate surface area is 282 Å². The largest absolute Gasteiger partial charge is 0.509 e. The zero-order valence-electron chi connectivity index (χ0n) is 27.8. The first-order valence-corrected chi connectivity index (χ1v) is 16.1. The Morgan fingerprint density at radius 1 is 1.12 bits per heavy atom. The summed E-state index contributed by atoms with van der Waals surface area (Å²) in [5.74, 6) is -2.00. The van der Waals surface area contributed by atoms with Gasteiger partial charge in [0.1, 0.15) is 32.2 Å². The predicted octanol–water partition coefficient (Wildman–Crippen LogP) is 1.08. The van der Waals surface area contributed by atoms with Gasteiger partial charge in [0.25, 0.3) is 13.0 Å². The Bertz CT molecular complexity index is 1860. The van der Waals surface area contributed by atoms with Crippen molar-refractivity contribution in [3.63, 3.8) is 0 Å². The molecule has 0 spiro atoms. The number of aromatic hydroxyl groups is 1. The molecule has 1 aromatic carbocycles. The summed E-state index contributed by atoms with van der Waals surface area (Å²) in [6.07, 6.45) is -0.653. The fourth-order valence-electron chi connectivity index (χ4n) is 6.17. The van der Waals surface area contributed by atoms with Gasteiger partial charge in [-0.1, -0.05) is 27.7 Å². The van der Waals surface area contributed by atoms with E-state index in [1.165, 1.54) is 0 Å². The molecule has 2 unspecified atom stereocenters. The van der Waals surface area contributed by atoms with Gasteiger partial charge >= 0.3 is 12.1 Å². The van der Waals surface area contributed by atoms with Crippen molar-refractivity contribution in [3.05, 3.63) is 56.9 Å². The number of pyridine rings is 2. The molecule has 0 fully saturated rings. The van der Waals surface area contributed by atoms with Gasteiger partial charge in [0, 0.05) is 23.0 Å². The van der Waals surface area contributed by atoms with Crippen molar-refractivity contribution < 1.29 is 48.3 Å².